The maximum atomic E-state index is 12.5. The van der Waals surface area contributed by atoms with E-state index in [4.69, 9.17) is 0 Å². The Kier molecular flexibility index (Phi) is 6.51. The largest absolute Gasteiger partial charge is 0.417 e. The van der Waals surface area contributed by atoms with Gasteiger partial charge in [-0.1, -0.05) is 25.6 Å². The molecule has 8 heteroatoms. The van der Waals surface area contributed by atoms with Crippen LogP contribution in [0.25, 0.3) is 0 Å². The maximum Gasteiger partial charge on any atom is 0.417 e. The monoisotopic (exact) mass is 361 g/mol. The van der Waals surface area contributed by atoms with E-state index in [1.54, 1.807) is 0 Å². The van der Waals surface area contributed by atoms with E-state index < -0.39 is 11.7 Å². The van der Waals surface area contributed by atoms with E-state index in [1.807, 2.05) is 4.90 Å². The number of carbonyl (C=O) groups excluding carboxylic acids is 1. The van der Waals surface area contributed by atoms with Crippen molar-refractivity contribution in [1.82, 2.24) is 14.8 Å². The lowest BCUT2D eigenvalue weighted by molar-refractivity contribution is -0.138. The molecule has 2 rings (SSSR count). The zero-order valence-electron chi connectivity index (χ0n) is 13.8. The summed E-state index contributed by atoms with van der Waals surface area (Å²) in [4.78, 5) is 20.1. The number of halogens is 3. The number of hydrogen-bond donors (Lipinski definition) is 0. The summed E-state index contributed by atoms with van der Waals surface area (Å²) in [5.41, 5.74) is -0.778. The molecule has 1 saturated heterocycles. The molecule has 0 saturated carbocycles. The molecular formula is C16H22F3N3OS. The van der Waals surface area contributed by atoms with Crippen molar-refractivity contribution >= 4 is 17.7 Å². The number of hydrogen-bond acceptors (Lipinski definition) is 4. The van der Waals surface area contributed by atoms with Crippen LogP contribution in [0.4, 0.5) is 13.2 Å². The molecule has 24 heavy (non-hydrogen) atoms. The zero-order chi connectivity index (χ0) is 17.7. The predicted molar refractivity (Wildman–Crippen MR) is 87.8 cm³/mol. The van der Waals surface area contributed by atoms with Crippen LogP contribution in [0.2, 0.25) is 0 Å². The van der Waals surface area contributed by atoms with Crippen molar-refractivity contribution in [3.63, 3.8) is 0 Å². The third kappa shape index (κ3) is 5.66. The van der Waals surface area contributed by atoms with Crippen molar-refractivity contribution in [3.05, 3.63) is 23.9 Å². The lowest BCUT2D eigenvalue weighted by Crippen LogP contribution is -2.50. The molecule has 134 valence electrons. The Morgan fingerprint density at radius 3 is 2.42 bits per heavy atom. The Hall–Kier alpha value is -1.28. The van der Waals surface area contributed by atoms with Crippen molar-refractivity contribution < 1.29 is 18.0 Å². The highest BCUT2D eigenvalue weighted by Gasteiger charge is 2.30. The Labute approximate surface area is 144 Å². The molecular weight excluding hydrogens is 339 g/mol. The summed E-state index contributed by atoms with van der Waals surface area (Å²) in [6, 6.07) is 2.30. The Bertz CT molecular complexity index is 540. The number of alkyl halides is 3. The van der Waals surface area contributed by atoms with E-state index in [1.165, 1.54) is 17.8 Å². The van der Waals surface area contributed by atoms with E-state index in [2.05, 4.69) is 23.7 Å². The van der Waals surface area contributed by atoms with E-state index in [-0.39, 0.29) is 11.7 Å². The molecule has 0 N–H and O–H groups in total. The molecule has 0 unspecified atom stereocenters. The van der Waals surface area contributed by atoms with Gasteiger partial charge in [0.05, 0.1) is 16.3 Å². The number of pyridine rings is 1. The summed E-state index contributed by atoms with van der Waals surface area (Å²) >= 11 is 1.17. The molecule has 1 aromatic heterocycles. The number of nitrogens with zero attached hydrogens (tertiary/aromatic N) is 3. The van der Waals surface area contributed by atoms with Crippen LogP contribution < -0.4 is 0 Å². The van der Waals surface area contributed by atoms with Crippen LogP contribution in [0.1, 0.15) is 19.4 Å². The number of rotatable bonds is 5. The molecule has 0 aromatic carbocycles. The van der Waals surface area contributed by atoms with Gasteiger partial charge in [-0.05, 0) is 18.1 Å². The van der Waals surface area contributed by atoms with Crippen LogP contribution in [0.5, 0.6) is 0 Å². The third-order valence-electron chi connectivity index (χ3n) is 3.76. The topological polar surface area (TPSA) is 36.4 Å². The van der Waals surface area contributed by atoms with Crippen molar-refractivity contribution in [2.24, 2.45) is 5.92 Å². The molecule has 0 atom stereocenters. The van der Waals surface area contributed by atoms with Crippen LogP contribution in [0.15, 0.2) is 23.4 Å². The highest BCUT2D eigenvalue weighted by molar-refractivity contribution is 7.99. The van der Waals surface area contributed by atoms with Crippen LogP contribution in [0, 0.1) is 5.92 Å². The summed E-state index contributed by atoms with van der Waals surface area (Å²) in [6.45, 7) is 8.52. The van der Waals surface area contributed by atoms with Crippen molar-refractivity contribution in [3.8, 4) is 0 Å². The molecule has 4 nitrogen and oxygen atoms in total. The van der Waals surface area contributed by atoms with Crippen LogP contribution in [-0.2, 0) is 11.0 Å². The Balaban J connectivity index is 1.77. The second-order valence-corrected chi connectivity index (χ2v) is 7.24. The average molecular weight is 361 g/mol. The Morgan fingerprint density at radius 2 is 1.92 bits per heavy atom. The molecule has 0 radical (unpaired) electrons. The fraction of sp³-hybridized carbons (Fsp3) is 0.625. The number of piperazine rings is 1. The van der Waals surface area contributed by atoms with Crippen molar-refractivity contribution in [2.45, 2.75) is 25.0 Å². The molecule has 1 aliphatic heterocycles. The van der Waals surface area contributed by atoms with E-state index in [0.29, 0.717) is 24.0 Å². The lowest BCUT2D eigenvalue weighted by atomic mass is 10.2. The van der Waals surface area contributed by atoms with Gasteiger partial charge in [-0.2, -0.15) is 13.2 Å². The second kappa shape index (κ2) is 8.20. The first-order valence-corrected chi connectivity index (χ1v) is 8.90. The van der Waals surface area contributed by atoms with Crippen LogP contribution in [-0.4, -0.2) is 59.2 Å². The van der Waals surface area contributed by atoms with Gasteiger partial charge < -0.3 is 4.90 Å². The smallest absolute Gasteiger partial charge is 0.339 e. The van der Waals surface area contributed by atoms with E-state index in [9.17, 15) is 18.0 Å². The number of aromatic nitrogens is 1. The molecule has 2 heterocycles. The van der Waals surface area contributed by atoms with Gasteiger partial charge in [0, 0.05) is 38.9 Å². The number of carbonyl (C=O) groups is 1. The fourth-order valence-corrected chi connectivity index (χ4v) is 3.30. The van der Waals surface area contributed by atoms with Gasteiger partial charge in [0.1, 0.15) is 0 Å². The second-order valence-electron chi connectivity index (χ2n) is 6.25. The van der Waals surface area contributed by atoms with Gasteiger partial charge in [0.25, 0.3) is 0 Å². The first-order chi connectivity index (χ1) is 11.3. The molecule has 0 aliphatic carbocycles. The maximum absolute atomic E-state index is 12.5. The van der Waals surface area contributed by atoms with Gasteiger partial charge in [-0.15, -0.1) is 0 Å². The standard InChI is InChI=1S/C16H22F3N3OS/c1-12(2)10-21-5-7-22(8-6-21)15(23)11-24-14-4-3-13(9-20-14)16(17,18)19/h3-4,9,12H,5-8,10-11H2,1-2H3. The summed E-state index contributed by atoms with van der Waals surface area (Å²) in [5, 5.41) is 0.426. The van der Waals surface area contributed by atoms with Crippen molar-refractivity contribution in [1.29, 1.82) is 0 Å². The molecule has 1 amide bonds. The Morgan fingerprint density at radius 1 is 1.25 bits per heavy atom. The van der Waals surface area contributed by atoms with Gasteiger partial charge in [-0.3, -0.25) is 9.69 Å². The minimum Gasteiger partial charge on any atom is -0.339 e. The molecule has 1 aliphatic rings. The highest BCUT2D eigenvalue weighted by atomic mass is 32.2. The van der Waals surface area contributed by atoms with Gasteiger partial charge in [0.15, 0.2) is 0 Å². The normalized spacial score (nSPS) is 16.7. The third-order valence-corrected chi connectivity index (χ3v) is 4.68. The van der Waals surface area contributed by atoms with E-state index in [0.717, 1.165) is 31.9 Å². The van der Waals surface area contributed by atoms with Crippen LogP contribution >= 0.6 is 11.8 Å². The van der Waals surface area contributed by atoms with E-state index >= 15 is 0 Å². The first-order valence-electron chi connectivity index (χ1n) is 7.92. The number of thioether (sulfide) groups is 1. The van der Waals surface area contributed by atoms with Crippen LogP contribution in [0.3, 0.4) is 0 Å². The summed E-state index contributed by atoms with van der Waals surface area (Å²) in [6.07, 6.45) is -3.58. The first kappa shape index (κ1) is 19.1. The minimum atomic E-state index is -4.39. The molecule has 0 bridgehead atoms. The molecule has 0 spiro atoms. The molecule has 1 aromatic rings. The average Bonchev–Trinajstić information content (AvgIpc) is 2.52. The van der Waals surface area contributed by atoms with Gasteiger partial charge >= 0.3 is 6.18 Å². The number of amides is 1. The molecule has 1 fully saturated rings. The summed E-state index contributed by atoms with van der Waals surface area (Å²) in [7, 11) is 0. The van der Waals surface area contributed by atoms with Gasteiger partial charge in [-0.25, -0.2) is 4.98 Å². The SMILES string of the molecule is CC(C)CN1CCN(C(=O)CSc2ccc(C(F)(F)F)cn2)CC1. The predicted octanol–water partition coefficient (Wildman–Crippen LogP) is 2.99. The minimum absolute atomic E-state index is 0.00546. The fourth-order valence-electron chi connectivity index (χ4n) is 2.56. The lowest BCUT2D eigenvalue weighted by Gasteiger charge is -2.35. The summed E-state index contributed by atoms with van der Waals surface area (Å²) in [5.74, 6) is 0.808. The summed E-state index contributed by atoms with van der Waals surface area (Å²) < 4.78 is 37.4. The zero-order valence-corrected chi connectivity index (χ0v) is 14.7. The quantitative estimate of drug-likeness (QED) is 0.756. The highest BCUT2D eigenvalue weighted by Crippen LogP contribution is 2.29. The van der Waals surface area contributed by atoms with Gasteiger partial charge in [0.2, 0.25) is 5.91 Å². The van der Waals surface area contributed by atoms with Crippen molar-refractivity contribution in [2.75, 3.05) is 38.5 Å².